The van der Waals surface area contributed by atoms with Gasteiger partial charge in [-0.05, 0) is 48.4 Å². The van der Waals surface area contributed by atoms with E-state index < -0.39 is 10.0 Å². The van der Waals surface area contributed by atoms with Gasteiger partial charge in [0.05, 0.1) is 10.9 Å². The number of para-hydroxylation sites is 1. The molecule has 3 aromatic carbocycles. The summed E-state index contributed by atoms with van der Waals surface area (Å²) in [5.41, 5.74) is 3.07. The number of hydrogen-bond donors (Lipinski definition) is 2. The molecule has 1 unspecified atom stereocenters. The molecular weight excluding hydrogens is 380 g/mol. The van der Waals surface area contributed by atoms with Gasteiger partial charge in [0.1, 0.15) is 0 Å². The fraction of sp³-hybridized carbons (Fsp3) is 0.143. The van der Waals surface area contributed by atoms with Crippen LogP contribution in [0.3, 0.4) is 0 Å². The van der Waals surface area contributed by atoms with E-state index in [0.29, 0.717) is 5.02 Å². The minimum absolute atomic E-state index is 0.189. The van der Waals surface area contributed by atoms with Gasteiger partial charge in [-0.15, -0.1) is 0 Å². The summed E-state index contributed by atoms with van der Waals surface area (Å²) in [6, 6.07) is 23.6. The SMILES string of the molecule is Cc1ccccc1NC(CNS(=O)(=O)c1ccc(Cl)cc1)c1ccccc1. The smallest absolute Gasteiger partial charge is 0.240 e. The van der Waals surface area contributed by atoms with Gasteiger partial charge in [0.2, 0.25) is 10.0 Å². The van der Waals surface area contributed by atoms with E-state index in [1.54, 1.807) is 12.1 Å². The van der Waals surface area contributed by atoms with E-state index in [9.17, 15) is 8.42 Å². The van der Waals surface area contributed by atoms with Crippen LogP contribution < -0.4 is 10.0 Å². The Balaban J connectivity index is 1.81. The zero-order valence-electron chi connectivity index (χ0n) is 14.9. The number of anilines is 1. The fourth-order valence-corrected chi connectivity index (χ4v) is 3.92. The van der Waals surface area contributed by atoms with Crippen molar-refractivity contribution < 1.29 is 8.42 Å². The summed E-state index contributed by atoms with van der Waals surface area (Å²) in [7, 11) is -3.63. The van der Waals surface area contributed by atoms with E-state index in [0.717, 1.165) is 16.8 Å². The zero-order chi connectivity index (χ0) is 19.3. The summed E-state index contributed by atoms with van der Waals surface area (Å²) >= 11 is 5.85. The van der Waals surface area contributed by atoms with Gasteiger partial charge >= 0.3 is 0 Å². The molecule has 0 aromatic heterocycles. The lowest BCUT2D eigenvalue weighted by molar-refractivity contribution is 0.576. The highest BCUT2D eigenvalue weighted by atomic mass is 35.5. The number of nitrogens with one attached hydrogen (secondary N) is 2. The Labute approximate surface area is 165 Å². The van der Waals surface area contributed by atoms with Crippen LogP contribution >= 0.6 is 11.6 Å². The summed E-state index contributed by atoms with van der Waals surface area (Å²) in [6.45, 7) is 2.23. The van der Waals surface area contributed by atoms with E-state index in [2.05, 4.69) is 10.0 Å². The highest BCUT2D eigenvalue weighted by Gasteiger charge is 2.18. The molecule has 0 spiro atoms. The quantitative estimate of drug-likeness (QED) is 0.600. The molecule has 2 N–H and O–H groups in total. The molecule has 0 heterocycles. The Hall–Kier alpha value is -2.34. The Morgan fingerprint density at radius 1 is 0.889 bits per heavy atom. The lowest BCUT2D eigenvalue weighted by Crippen LogP contribution is -2.31. The van der Waals surface area contributed by atoms with Crippen molar-refractivity contribution in [2.45, 2.75) is 17.9 Å². The molecule has 0 aliphatic carbocycles. The second-order valence-corrected chi connectivity index (χ2v) is 8.43. The molecule has 0 aliphatic heterocycles. The topological polar surface area (TPSA) is 58.2 Å². The first-order valence-corrected chi connectivity index (χ1v) is 10.4. The molecule has 0 bridgehead atoms. The first-order chi connectivity index (χ1) is 13.0. The van der Waals surface area contributed by atoms with Gasteiger partial charge < -0.3 is 5.32 Å². The second kappa shape index (κ2) is 8.57. The molecule has 140 valence electrons. The first kappa shape index (κ1) is 19.4. The molecule has 1 atom stereocenters. The van der Waals surface area contributed by atoms with Crippen molar-refractivity contribution in [1.29, 1.82) is 0 Å². The molecule has 6 heteroatoms. The van der Waals surface area contributed by atoms with Crippen molar-refractivity contribution in [3.05, 3.63) is 95.0 Å². The average molecular weight is 401 g/mol. The molecule has 3 rings (SSSR count). The monoisotopic (exact) mass is 400 g/mol. The van der Waals surface area contributed by atoms with Crippen LogP contribution in [0.5, 0.6) is 0 Å². The number of rotatable bonds is 7. The van der Waals surface area contributed by atoms with Crippen LogP contribution in [0, 0.1) is 6.92 Å². The predicted molar refractivity (Wildman–Crippen MR) is 111 cm³/mol. The number of halogens is 1. The first-order valence-electron chi connectivity index (χ1n) is 8.58. The average Bonchev–Trinajstić information content (AvgIpc) is 2.67. The normalized spacial score (nSPS) is 12.5. The molecule has 0 fully saturated rings. The van der Waals surface area contributed by atoms with Crippen molar-refractivity contribution in [1.82, 2.24) is 4.72 Å². The van der Waals surface area contributed by atoms with Gasteiger partial charge in [-0.2, -0.15) is 0 Å². The van der Waals surface area contributed by atoms with E-state index >= 15 is 0 Å². The van der Waals surface area contributed by atoms with Crippen molar-refractivity contribution in [2.75, 3.05) is 11.9 Å². The predicted octanol–water partition coefficient (Wildman–Crippen LogP) is 4.78. The van der Waals surface area contributed by atoms with Gasteiger partial charge in [-0.25, -0.2) is 13.1 Å². The van der Waals surface area contributed by atoms with Crippen molar-refractivity contribution >= 4 is 27.3 Å². The highest BCUT2D eigenvalue weighted by Crippen LogP contribution is 2.22. The maximum atomic E-state index is 12.6. The van der Waals surface area contributed by atoms with Crippen molar-refractivity contribution in [3.63, 3.8) is 0 Å². The van der Waals surface area contributed by atoms with Gasteiger partial charge in [0, 0.05) is 17.3 Å². The minimum atomic E-state index is -3.63. The van der Waals surface area contributed by atoms with Gasteiger partial charge in [-0.1, -0.05) is 60.1 Å². The Bertz CT molecular complexity index is 990. The largest absolute Gasteiger partial charge is 0.377 e. The van der Waals surface area contributed by atoms with Crippen LogP contribution in [0.1, 0.15) is 17.2 Å². The standard InChI is InChI=1S/C21H21ClN2O2S/c1-16-7-5-6-10-20(16)24-21(17-8-3-2-4-9-17)15-23-27(25,26)19-13-11-18(22)12-14-19/h2-14,21,23-24H,15H2,1H3. The zero-order valence-corrected chi connectivity index (χ0v) is 16.5. The van der Waals surface area contributed by atoms with Crippen LogP contribution in [0.25, 0.3) is 0 Å². The minimum Gasteiger partial charge on any atom is -0.377 e. The van der Waals surface area contributed by atoms with Crippen LogP contribution in [0.2, 0.25) is 5.02 Å². The van der Waals surface area contributed by atoms with E-state index in [-0.39, 0.29) is 17.5 Å². The maximum Gasteiger partial charge on any atom is 0.240 e. The highest BCUT2D eigenvalue weighted by molar-refractivity contribution is 7.89. The second-order valence-electron chi connectivity index (χ2n) is 6.23. The third kappa shape index (κ3) is 5.10. The van der Waals surface area contributed by atoms with Crippen molar-refractivity contribution in [3.8, 4) is 0 Å². The van der Waals surface area contributed by atoms with Crippen LogP contribution in [0.4, 0.5) is 5.69 Å². The summed E-state index contributed by atoms with van der Waals surface area (Å²) in [4.78, 5) is 0.189. The van der Waals surface area contributed by atoms with Crippen LogP contribution in [0.15, 0.2) is 83.8 Å². The molecule has 0 saturated carbocycles. The Kier molecular flexibility index (Phi) is 6.16. The fourth-order valence-electron chi connectivity index (χ4n) is 2.75. The van der Waals surface area contributed by atoms with Gasteiger partial charge in [-0.3, -0.25) is 0 Å². The number of sulfonamides is 1. The summed E-state index contributed by atoms with van der Waals surface area (Å²) in [5, 5.41) is 3.95. The van der Waals surface area contributed by atoms with Crippen LogP contribution in [-0.4, -0.2) is 15.0 Å². The number of aryl methyl sites for hydroxylation is 1. The molecule has 0 saturated heterocycles. The number of benzene rings is 3. The third-order valence-corrected chi connectivity index (χ3v) is 5.97. The van der Waals surface area contributed by atoms with E-state index in [4.69, 9.17) is 11.6 Å². The Morgan fingerprint density at radius 3 is 2.19 bits per heavy atom. The molecule has 0 radical (unpaired) electrons. The van der Waals surface area contributed by atoms with Crippen molar-refractivity contribution in [2.24, 2.45) is 0 Å². The van der Waals surface area contributed by atoms with Gasteiger partial charge in [0.25, 0.3) is 0 Å². The molecule has 27 heavy (non-hydrogen) atoms. The molecule has 0 aliphatic rings. The van der Waals surface area contributed by atoms with Gasteiger partial charge in [0.15, 0.2) is 0 Å². The van der Waals surface area contributed by atoms with E-state index in [1.807, 2.05) is 61.5 Å². The Morgan fingerprint density at radius 2 is 1.52 bits per heavy atom. The maximum absolute atomic E-state index is 12.6. The third-order valence-electron chi connectivity index (χ3n) is 4.28. The van der Waals surface area contributed by atoms with Crippen LogP contribution in [-0.2, 0) is 10.0 Å². The summed E-state index contributed by atoms with van der Waals surface area (Å²) in [6.07, 6.45) is 0. The molecule has 3 aromatic rings. The van der Waals surface area contributed by atoms with E-state index in [1.165, 1.54) is 12.1 Å². The molecular formula is C21H21ClN2O2S. The number of hydrogen-bond acceptors (Lipinski definition) is 3. The summed E-state index contributed by atoms with van der Waals surface area (Å²) in [5.74, 6) is 0. The lowest BCUT2D eigenvalue weighted by atomic mass is 10.1. The molecule has 4 nitrogen and oxygen atoms in total. The molecule has 0 amide bonds. The lowest BCUT2D eigenvalue weighted by Gasteiger charge is -2.22. The summed E-state index contributed by atoms with van der Waals surface area (Å²) < 4.78 is 27.9.